The maximum atomic E-state index is 12.1. The Bertz CT molecular complexity index is 806. The van der Waals surface area contributed by atoms with Crippen LogP contribution in [0.5, 0.6) is 0 Å². The smallest absolute Gasteiger partial charge is 0.321 e. The van der Waals surface area contributed by atoms with E-state index in [9.17, 15) is 9.59 Å². The van der Waals surface area contributed by atoms with Crippen molar-refractivity contribution < 1.29 is 9.59 Å². The van der Waals surface area contributed by atoms with Gasteiger partial charge in [-0.25, -0.2) is 4.79 Å². The molecule has 0 aliphatic carbocycles. The van der Waals surface area contributed by atoms with E-state index in [1.54, 1.807) is 0 Å². The second-order valence-corrected chi connectivity index (χ2v) is 6.76. The number of carbonyl (C=O) groups is 2. The highest BCUT2D eigenvalue weighted by atomic mass is 16.2. The third-order valence-corrected chi connectivity index (χ3v) is 4.82. The summed E-state index contributed by atoms with van der Waals surface area (Å²) >= 11 is 0. The molecule has 3 amide bonds. The highest BCUT2D eigenvalue weighted by Gasteiger charge is 2.17. The molecule has 140 valence electrons. The van der Waals surface area contributed by atoms with E-state index in [4.69, 9.17) is 0 Å². The van der Waals surface area contributed by atoms with Crippen molar-refractivity contribution in [1.29, 1.82) is 0 Å². The Morgan fingerprint density at radius 2 is 1.56 bits per heavy atom. The van der Waals surface area contributed by atoms with Crippen molar-refractivity contribution >= 4 is 17.6 Å². The molecule has 27 heavy (non-hydrogen) atoms. The van der Waals surface area contributed by atoms with Crippen LogP contribution in [0.4, 0.5) is 10.5 Å². The summed E-state index contributed by atoms with van der Waals surface area (Å²) in [4.78, 5) is 25.4. The zero-order valence-electron chi connectivity index (χ0n) is 15.6. The van der Waals surface area contributed by atoms with Crippen LogP contribution in [0.25, 0.3) is 11.1 Å². The van der Waals surface area contributed by atoms with Crippen molar-refractivity contribution in [3.63, 3.8) is 0 Å². The van der Waals surface area contributed by atoms with Gasteiger partial charge in [0.25, 0.3) is 0 Å². The number of benzene rings is 2. The Morgan fingerprint density at radius 3 is 2.11 bits per heavy atom. The number of nitrogens with zero attached hydrogens (tertiary/aromatic N) is 1. The predicted octanol–water partition coefficient (Wildman–Crippen LogP) is 4.34. The number of hydrogen-bond donors (Lipinski definition) is 2. The number of hydrogen-bond acceptors (Lipinski definition) is 2. The minimum absolute atomic E-state index is 0.0276. The van der Waals surface area contributed by atoms with Gasteiger partial charge >= 0.3 is 6.03 Å². The molecule has 2 aromatic rings. The lowest BCUT2D eigenvalue weighted by Gasteiger charge is -2.16. The van der Waals surface area contributed by atoms with Crippen LogP contribution in [0.1, 0.15) is 31.4 Å². The Morgan fingerprint density at radius 1 is 1.00 bits per heavy atom. The first-order valence-electron chi connectivity index (χ1n) is 9.26. The van der Waals surface area contributed by atoms with Crippen LogP contribution in [0.15, 0.2) is 61.2 Å². The van der Waals surface area contributed by atoms with Crippen LogP contribution in [0, 0.1) is 0 Å². The Balaban J connectivity index is 1.63. The van der Waals surface area contributed by atoms with Crippen LogP contribution in [0.2, 0.25) is 0 Å². The molecule has 1 saturated heterocycles. The van der Waals surface area contributed by atoms with Crippen molar-refractivity contribution in [2.45, 2.75) is 25.8 Å². The number of anilines is 1. The molecule has 1 heterocycles. The molecule has 0 aromatic heterocycles. The van der Waals surface area contributed by atoms with E-state index in [0.717, 1.165) is 48.3 Å². The molecule has 5 heteroatoms. The van der Waals surface area contributed by atoms with Gasteiger partial charge in [0.05, 0.1) is 6.04 Å². The van der Waals surface area contributed by atoms with E-state index in [0.29, 0.717) is 0 Å². The van der Waals surface area contributed by atoms with Gasteiger partial charge in [-0.1, -0.05) is 43.0 Å². The summed E-state index contributed by atoms with van der Waals surface area (Å²) in [7, 11) is 0. The molecule has 1 fully saturated rings. The van der Waals surface area contributed by atoms with Gasteiger partial charge in [-0.05, 0) is 54.7 Å². The van der Waals surface area contributed by atoms with Crippen molar-refractivity contribution in [3.8, 4) is 11.1 Å². The van der Waals surface area contributed by atoms with Gasteiger partial charge in [0.15, 0.2) is 0 Å². The molecular weight excluding hydrogens is 338 g/mol. The molecule has 5 nitrogen and oxygen atoms in total. The van der Waals surface area contributed by atoms with Crippen LogP contribution < -0.4 is 10.6 Å². The minimum Gasteiger partial charge on any atom is -0.346 e. The maximum Gasteiger partial charge on any atom is 0.321 e. The van der Waals surface area contributed by atoms with E-state index in [2.05, 4.69) is 17.2 Å². The van der Waals surface area contributed by atoms with Gasteiger partial charge in [0.2, 0.25) is 5.91 Å². The molecule has 1 aliphatic rings. The zero-order chi connectivity index (χ0) is 19.2. The Kier molecular flexibility index (Phi) is 5.91. The van der Waals surface area contributed by atoms with E-state index in [1.165, 1.54) is 6.08 Å². The topological polar surface area (TPSA) is 61.4 Å². The van der Waals surface area contributed by atoms with Gasteiger partial charge in [-0.3, -0.25) is 4.79 Å². The second kappa shape index (κ2) is 8.54. The van der Waals surface area contributed by atoms with Gasteiger partial charge < -0.3 is 15.5 Å². The van der Waals surface area contributed by atoms with Crippen LogP contribution in [-0.4, -0.2) is 29.9 Å². The Labute approximate surface area is 160 Å². The van der Waals surface area contributed by atoms with Crippen molar-refractivity contribution in [2.75, 3.05) is 18.4 Å². The fraction of sp³-hybridized carbons (Fsp3) is 0.273. The third kappa shape index (κ3) is 4.76. The standard InChI is InChI=1S/C22H25N3O2/c1-3-21(26)23-16(2)17-6-8-18(9-7-17)19-10-12-20(13-11-19)24-22(27)25-14-4-5-15-25/h3,6-13,16H,1,4-5,14-15H2,2H3,(H,23,26)(H,24,27)/t16-/m1/s1. The van der Waals surface area contributed by atoms with Crippen LogP contribution in [-0.2, 0) is 4.79 Å². The summed E-state index contributed by atoms with van der Waals surface area (Å²) in [5.74, 6) is -0.182. The molecule has 3 rings (SSSR count). The molecule has 0 unspecified atom stereocenters. The molecule has 0 spiro atoms. The number of carbonyl (C=O) groups excluding carboxylic acids is 2. The predicted molar refractivity (Wildman–Crippen MR) is 108 cm³/mol. The summed E-state index contributed by atoms with van der Waals surface area (Å²) in [5.41, 5.74) is 3.98. The van der Waals surface area contributed by atoms with E-state index >= 15 is 0 Å². The molecule has 1 aliphatic heterocycles. The van der Waals surface area contributed by atoms with Crippen LogP contribution in [0.3, 0.4) is 0 Å². The summed E-state index contributed by atoms with van der Waals surface area (Å²) in [5, 5.41) is 5.80. The summed E-state index contributed by atoms with van der Waals surface area (Å²) in [6.45, 7) is 7.08. The highest BCUT2D eigenvalue weighted by Crippen LogP contribution is 2.24. The first kappa shape index (κ1) is 18.7. The van der Waals surface area contributed by atoms with E-state index in [1.807, 2.05) is 60.4 Å². The third-order valence-electron chi connectivity index (χ3n) is 4.82. The summed E-state index contributed by atoms with van der Waals surface area (Å²) < 4.78 is 0. The van der Waals surface area contributed by atoms with Gasteiger partial charge in [-0.2, -0.15) is 0 Å². The second-order valence-electron chi connectivity index (χ2n) is 6.76. The van der Waals surface area contributed by atoms with E-state index in [-0.39, 0.29) is 18.0 Å². The first-order valence-corrected chi connectivity index (χ1v) is 9.26. The number of amides is 3. The fourth-order valence-corrected chi connectivity index (χ4v) is 3.19. The molecule has 2 N–H and O–H groups in total. The summed E-state index contributed by atoms with van der Waals surface area (Å²) in [6, 6.07) is 15.8. The normalized spacial score (nSPS) is 14.5. The van der Waals surface area contributed by atoms with E-state index < -0.39 is 0 Å². The number of likely N-dealkylation sites (tertiary alicyclic amines) is 1. The summed E-state index contributed by atoms with van der Waals surface area (Å²) in [6.07, 6.45) is 3.44. The molecule has 0 saturated carbocycles. The number of rotatable bonds is 5. The molecule has 0 bridgehead atoms. The average molecular weight is 363 g/mol. The Hall–Kier alpha value is -3.08. The first-order chi connectivity index (χ1) is 13.1. The van der Waals surface area contributed by atoms with Crippen molar-refractivity contribution in [1.82, 2.24) is 10.2 Å². The molecule has 0 radical (unpaired) electrons. The fourth-order valence-electron chi connectivity index (χ4n) is 3.19. The number of urea groups is 1. The van der Waals surface area contributed by atoms with Crippen LogP contribution >= 0.6 is 0 Å². The average Bonchev–Trinajstić information content (AvgIpc) is 3.23. The molecule has 2 aromatic carbocycles. The lowest BCUT2D eigenvalue weighted by Crippen LogP contribution is -2.32. The zero-order valence-corrected chi connectivity index (χ0v) is 15.6. The monoisotopic (exact) mass is 363 g/mol. The minimum atomic E-state index is -0.182. The van der Waals surface area contributed by atoms with Crippen molar-refractivity contribution in [2.24, 2.45) is 0 Å². The molecule has 1 atom stereocenters. The maximum absolute atomic E-state index is 12.1. The van der Waals surface area contributed by atoms with Gasteiger partial charge in [0, 0.05) is 18.8 Å². The number of nitrogens with one attached hydrogen (secondary N) is 2. The SMILES string of the molecule is C=CC(=O)N[C@H](C)c1ccc(-c2ccc(NC(=O)N3CCCC3)cc2)cc1. The highest BCUT2D eigenvalue weighted by molar-refractivity contribution is 5.90. The molecular formula is C22H25N3O2. The quantitative estimate of drug-likeness (QED) is 0.776. The largest absolute Gasteiger partial charge is 0.346 e. The van der Waals surface area contributed by atoms with Crippen molar-refractivity contribution in [3.05, 3.63) is 66.7 Å². The lowest BCUT2D eigenvalue weighted by molar-refractivity contribution is -0.117. The lowest BCUT2D eigenvalue weighted by atomic mass is 10.0. The van der Waals surface area contributed by atoms with Gasteiger partial charge in [0.1, 0.15) is 0 Å². The van der Waals surface area contributed by atoms with Gasteiger partial charge in [-0.15, -0.1) is 0 Å².